The summed E-state index contributed by atoms with van der Waals surface area (Å²) < 4.78 is 0. The predicted octanol–water partition coefficient (Wildman–Crippen LogP) is 9.08. The van der Waals surface area contributed by atoms with Crippen LogP contribution in [0.15, 0.2) is 23.8 Å². The Morgan fingerprint density at radius 2 is 1.77 bits per heavy atom. The van der Waals surface area contributed by atoms with Gasteiger partial charge in [0.1, 0.15) is 0 Å². The Morgan fingerprint density at radius 3 is 2.47 bits per heavy atom. The quantitative estimate of drug-likeness (QED) is 0.396. The van der Waals surface area contributed by atoms with Crippen LogP contribution >= 0.6 is 0 Å². The first-order valence-corrected chi connectivity index (χ1v) is 13.6. The van der Waals surface area contributed by atoms with Crippen molar-refractivity contribution in [2.75, 3.05) is 0 Å². The van der Waals surface area contributed by atoms with Gasteiger partial charge in [0.05, 0.1) is 0 Å². The van der Waals surface area contributed by atoms with Crippen molar-refractivity contribution in [3.05, 3.63) is 23.8 Å². The van der Waals surface area contributed by atoms with Gasteiger partial charge in [0.15, 0.2) is 0 Å². The smallest absolute Gasteiger partial charge is 0.00851 e. The van der Waals surface area contributed by atoms with Gasteiger partial charge in [0.2, 0.25) is 0 Å². The van der Waals surface area contributed by atoms with Crippen LogP contribution in [0, 0.1) is 58.2 Å². The van der Waals surface area contributed by atoms with Crippen molar-refractivity contribution in [3.63, 3.8) is 0 Å². The van der Waals surface area contributed by atoms with E-state index in [2.05, 4.69) is 66.7 Å². The lowest BCUT2D eigenvalue weighted by Crippen LogP contribution is -2.50. The van der Waals surface area contributed by atoms with Crippen molar-refractivity contribution in [1.29, 1.82) is 0 Å². The van der Waals surface area contributed by atoms with Gasteiger partial charge in [-0.05, 0) is 116 Å². The topological polar surface area (TPSA) is 0 Å². The normalized spacial score (nSPS) is 45.6. The van der Waals surface area contributed by atoms with Crippen LogP contribution in [0.1, 0.15) is 106 Å². The molecule has 3 saturated carbocycles. The van der Waals surface area contributed by atoms with Gasteiger partial charge in [-0.2, -0.15) is 0 Å². The summed E-state index contributed by atoms with van der Waals surface area (Å²) in [5.74, 6) is 6.98. The highest BCUT2D eigenvalue weighted by Crippen LogP contribution is 2.67. The number of hydrogen-bond acceptors (Lipinski definition) is 0. The van der Waals surface area contributed by atoms with Crippen LogP contribution < -0.4 is 0 Å². The SMILES string of the molecule is CCC(/C=C/[C@@H](C)C1CCC2C3CC=C4C[C@@H](C)CCC4(C)C3CC[C@@]21C)C(C)C. The Hall–Kier alpha value is -0.520. The number of hydrogen-bond donors (Lipinski definition) is 0. The second-order valence-corrected chi connectivity index (χ2v) is 12.9. The summed E-state index contributed by atoms with van der Waals surface area (Å²) >= 11 is 0. The van der Waals surface area contributed by atoms with Gasteiger partial charge in [0.25, 0.3) is 0 Å². The van der Waals surface area contributed by atoms with E-state index in [0.717, 1.165) is 47.3 Å². The van der Waals surface area contributed by atoms with Crippen molar-refractivity contribution in [3.8, 4) is 0 Å². The third-order valence-electron chi connectivity index (χ3n) is 11.0. The van der Waals surface area contributed by atoms with Crippen LogP contribution in [0.5, 0.6) is 0 Å². The number of allylic oxidation sites excluding steroid dienone is 4. The molecule has 0 saturated heterocycles. The van der Waals surface area contributed by atoms with E-state index in [-0.39, 0.29) is 0 Å². The molecule has 0 aromatic heterocycles. The number of fused-ring (bicyclic) bond motifs is 5. The fraction of sp³-hybridized carbons (Fsp3) is 0.867. The zero-order chi connectivity index (χ0) is 21.7. The molecule has 170 valence electrons. The zero-order valence-corrected chi connectivity index (χ0v) is 21.2. The van der Waals surface area contributed by atoms with Crippen molar-refractivity contribution in [2.24, 2.45) is 58.2 Å². The molecule has 0 heterocycles. The maximum absolute atomic E-state index is 2.74. The molecule has 9 atom stereocenters. The summed E-state index contributed by atoms with van der Waals surface area (Å²) in [5, 5.41) is 0. The highest BCUT2D eigenvalue weighted by atomic mass is 14.6. The summed E-state index contributed by atoms with van der Waals surface area (Å²) in [5.41, 5.74) is 2.97. The first kappa shape index (κ1) is 22.7. The van der Waals surface area contributed by atoms with Crippen LogP contribution in [-0.2, 0) is 0 Å². The minimum absolute atomic E-state index is 0.534. The van der Waals surface area contributed by atoms with E-state index in [1.54, 1.807) is 0 Å². The third-order valence-corrected chi connectivity index (χ3v) is 11.0. The average molecular weight is 411 g/mol. The van der Waals surface area contributed by atoms with E-state index in [4.69, 9.17) is 0 Å². The molecule has 0 radical (unpaired) electrons. The Morgan fingerprint density at radius 1 is 1.00 bits per heavy atom. The van der Waals surface area contributed by atoms with E-state index in [1.807, 2.05) is 5.57 Å². The third kappa shape index (κ3) is 3.67. The maximum atomic E-state index is 2.74. The molecule has 0 spiro atoms. The van der Waals surface area contributed by atoms with Crippen molar-refractivity contribution in [1.82, 2.24) is 0 Å². The summed E-state index contributed by atoms with van der Waals surface area (Å²) in [6.07, 6.45) is 20.9. The fourth-order valence-electron chi connectivity index (χ4n) is 9.03. The van der Waals surface area contributed by atoms with Crippen LogP contribution in [0.3, 0.4) is 0 Å². The molecule has 6 unspecified atom stereocenters. The van der Waals surface area contributed by atoms with Gasteiger partial charge < -0.3 is 0 Å². The van der Waals surface area contributed by atoms with Gasteiger partial charge in [0, 0.05) is 0 Å². The molecule has 0 heteroatoms. The molecule has 0 amide bonds. The first-order valence-electron chi connectivity index (χ1n) is 13.6. The van der Waals surface area contributed by atoms with Gasteiger partial charge in [-0.3, -0.25) is 0 Å². The van der Waals surface area contributed by atoms with Gasteiger partial charge in [-0.15, -0.1) is 0 Å². The van der Waals surface area contributed by atoms with Crippen LogP contribution in [0.25, 0.3) is 0 Å². The van der Waals surface area contributed by atoms with Gasteiger partial charge >= 0.3 is 0 Å². The predicted molar refractivity (Wildman–Crippen MR) is 131 cm³/mol. The fourth-order valence-corrected chi connectivity index (χ4v) is 9.03. The van der Waals surface area contributed by atoms with Crippen LogP contribution in [0.4, 0.5) is 0 Å². The van der Waals surface area contributed by atoms with Crippen molar-refractivity contribution >= 4 is 0 Å². The highest BCUT2D eigenvalue weighted by Gasteiger charge is 2.58. The molecule has 0 N–H and O–H groups in total. The Bertz CT molecular complexity index is 668. The summed E-state index contributed by atoms with van der Waals surface area (Å²) in [6, 6.07) is 0. The lowest BCUT2D eigenvalue weighted by Gasteiger charge is -2.58. The minimum Gasteiger partial charge on any atom is -0.0851 e. The molecule has 0 aromatic rings. The Kier molecular flexibility index (Phi) is 6.38. The van der Waals surface area contributed by atoms with E-state index >= 15 is 0 Å². The second-order valence-electron chi connectivity index (χ2n) is 12.9. The maximum Gasteiger partial charge on any atom is -0.00851 e. The van der Waals surface area contributed by atoms with Crippen molar-refractivity contribution < 1.29 is 0 Å². The molecule has 4 aliphatic rings. The first-order chi connectivity index (χ1) is 14.2. The molecule has 0 nitrogen and oxygen atoms in total. The van der Waals surface area contributed by atoms with Crippen LogP contribution in [-0.4, -0.2) is 0 Å². The molecule has 0 bridgehead atoms. The van der Waals surface area contributed by atoms with E-state index in [1.165, 1.54) is 57.8 Å². The van der Waals surface area contributed by atoms with Gasteiger partial charge in [-0.25, -0.2) is 0 Å². The second kappa shape index (κ2) is 8.44. The molecule has 30 heavy (non-hydrogen) atoms. The van der Waals surface area contributed by atoms with E-state index in [0.29, 0.717) is 10.8 Å². The Balaban J connectivity index is 1.52. The molecule has 4 rings (SSSR count). The average Bonchev–Trinajstić information content (AvgIpc) is 3.06. The number of rotatable bonds is 5. The lowest BCUT2D eigenvalue weighted by atomic mass is 9.46. The molecule has 0 aromatic carbocycles. The summed E-state index contributed by atoms with van der Waals surface area (Å²) in [4.78, 5) is 0. The monoisotopic (exact) mass is 410 g/mol. The molecular formula is C30H50. The standard InChI is InChI=1S/C30H50/c1-8-23(20(2)3)10-9-22(5)26-13-14-27-25-12-11-24-19-21(4)15-17-29(24,6)28(25)16-18-30(26,27)7/h9-11,20-23,25-28H,8,12-19H2,1-7H3/b10-9+/t21-,22+,23?,25?,26?,27?,28?,29?,30+/m0/s1. The minimum atomic E-state index is 0.534. The molecule has 0 aliphatic heterocycles. The Labute approximate surface area is 188 Å². The largest absolute Gasteiger partial charge is 0.0851 e. The molecule has 3 fully saturated rings. The summed E-state index contributed by atoms with van der Waals surface area (Å²) in [6.45, 7) is 17.5. The molecular weight excluding hydrogens is 360 g/mol. The van der Waals surface area contributed by atoms with Gasteiger partial charge in [-0.1, -0.05) is 72.3 Å². The van der Waals surface area contributed by atoms with E-state index < -0.39 is 0 Å². The van der Waals surface area contributed by atoms with Crippen molar-refractivity contribution in [2.45, 2.75) is 106 Å². The zero-order valence-electron chi connectivity index (χ0n) is 21.2. The van der Waals surface area contributed by atoms with E-state index in [9.17, 15) is 0 Å². The molecule has 4 aliphatic carbocycles. The summed E-state index contributed by atoms with van der Waals surface area (Å²) in [7, 11) is 0. The van der Waals surface area contributed by atoms with Crippen LogP contribution in [0.2, 0.25) is 0 Å². The lowest BCUT2D eigenvalue weighted by molar-refractivity contribution is -0.0486. The highest BCUT2D eigenvalue weighted by molar-refractivity contribution is 5.25.